The van der Waals surface area contributed by atoms with Crippen LogP contribution in [0.4, 0.5) is 11.5 Å². The molecule has 0 aliphatic carbocycles. The number of rotatable bonds is 5. The third-order valence-electron chi connectivity index (χ3n) is 4.58. The van der Waals surface area contributed by atoms with Crippen molar-refractivity contribution in [3.8, 4) is 5.75 Å². The Morgan fingerprint density at radius 1 is 1.15 bits per heavy atom. The van der Waals surface area contributed by atoms with Crippen LogP contribution in [0.15, 0.2) is 42.6 Å². The molecule has 138 valence electrons. The van der Waals surface area contributed by atoms with Crippen molar-refractivity contribution < 1.29 is 9.53 Å². The minimum absolute atomic E-state index is 0.0751. The summed E-state index contributed by atoms with van der Waals surface area (Å²) in [6.07, 6.45) is 3.97. The number of nitrogens with zero attached hydrogens (tertiary/aromatic N) is 2. The fourth-order valence-electron chi connectivity index (χ4n) is 3.03. The molecule has 2 aromatic rings. The molecule has 0 radical (unpaired) electrons. The van der Waals surface area contributed by atoms with E-state index in [1.54, 1.807) is 6.20 Å². The van der Waals surface area contributed by atoms with Crippen LogP contribution in [0.3, 0.4) is 0 Å². The van der Waals surface area contributed by atoms with Crippen LogP contribution < -0.4 is 10.1 Å². The lowest BCUT2D eigenvalue weighted by molar-refractivity contribution is 0.0697. The molecule has 0 bridgehead atoms. The van der Waals surface area contributed by atoms with Crippen LogP contribution >= 0.6 is 0 Å². The van der Waals surface area contributed by atoms with Crippen LogP contribution in [0, 0.1) is 5.92 Å². The smallest absolute Gasteiger partial charge is 0.255 e. The molecule has 1 aromatic carbocycles. The van der Waals surface area contributed by atoms with Gasteiger partial charge in [0.2, 0.25) is 0 Å². The second-order valence-corrected chi connectivity index (χ2v) is 7.22. The maximum absolute atomic E-state index is 12.6. The standard InChI is InChI=1S/C21H27N3O2/c1-15(2)26-19-7-5-18(6-8-19)23-20-9-4-17(14-22-20)21(25)24-12-10-16(3)11-13-24/h4-9,14-16H,10-13H2,1-3H3,(H,22,23). The van der Waals surface area contributed by atoms with Gasteiger partial charge < -0.3 is 15.0 Å². The number of carbonyl (C=O) groups is 1. The molecule has 1 saturated heterocycles. The summed E-state index contributed by atoms with van der Waals surface area (Å²) in [7, 11) is 0. The quantitative estimate of drug-likeness (QED) is 0.861. The molecule has 1 aliphatic rings. The summed E-state index contributed by atoms with van der Waals surface area (Å²) in [5.74, 6) is 2.34. The second kappa shape index (κ2) is 8.21. The third-order valence-corrected chi connectivity index (χ3v) is 4.58. The van der Waals surface area contributed by atoms with E-state index in [-0.39, 0.29) is 12.0 Å². The average molecular weight is 353 g/mol. The zero-order valence-corrected chi connectivity index (χ0v) is 15.7. The Hall–Kier alpha value is -2.56. The van der Waals surface area contributed by atoms with Gasteiger partial charge in [0.15, 0.2) is 0 Å². The van der Waals surface area contributed by atoms with E-state index in [1.165, 1.54) is 0 Å². The number of piperidine rings is 1. The monoisotopic (exact) mass is 353 g/mol. The molecule has 0 unspecified atom stereocenters. The molecule has 3 rings (SSSR count). The number of ether oxygens (including phenoxy) is 1. The average Bonchev–Trinajstić information content (AvgIpc) is 2.64. The first kappa shape index (κ1) is 18.2. The predicted octanol–water partition coefficient (Wildman–Crippen LogP) is 4.48. The minimum Gasteiger partial charge on any atom is -0.491 e. The molecule has 5 heteroatoms. The first-order valence-electron chi connectivity index (χ1n) is 9.30. The molecule has 5 nitrogen and oxygen atoms in total. The Kier molecular flexibility index (Phi) is 5.76. The van der Waals surface area contributed by atoms with Crippen molar-refractivity contribution in [1.29, 1.82) is 0 Å². The number of anilines is 2. The summed E-state index contributed by atoms with van der Waals surface area (Å²) in [4.78, 5) is 18.9. The van der Waals surface area contributed by atoms with Crippen LogP contribution in [0.2, 0.25) is 0 Å². The fourth-order valence-corrected chi connectivity index (χ4v) is 3.03. The van der Waals surface area contributed by atoms with E-state index in [0.29, 0.717) is 17.3 Å². The number of hydrogen-bond acceptors (Lipinski definition) is 4. The molecular weight excluding hydrogens is 326 g/mol. The summed E-state index contributed by atoms with van der Waals surface area (Å²) in [5.41, 5.74) is 1.57. The number of aromatic nitrogens is 1. The Labute approximate surface area is 155 Å². The van der Waals surface area contributed by atoms with E-state index in [9.17, 15) is 4.79 Å². The number of nitrogens with one attached hydrogen (secondary N) is 1. The molecular formula is C21H27N3O2. The molecule has 0 atom stereocenters. The van der Waals surface area contributed by atoms with E-state index in [4.69, 9.17) is 4.74 Å². The Morgan fingerprint density at radius 3 is 2.42 bits per heavy atom. The van der Waals surface area contributed by atoms with Crippen molar-refractivity contribution in [3.63, 3.8) is 0 Å². The lowest BCUT2D eigenvalue weighted by Crippen LogP contribution is -2.37. The minimum atomic E-state index is 0.0751. The van der Waals surface area contributed by atoms with Gasteiger partial charge in [-0.3, -0.25) is 4.79 Å². The number of pyridine rings is 1. The Balaban J connectivity index is 1.59. The van der Waals surface area contributed by atoms with Gasteiger partial charge in [-0.15, -0.1) is 0 Å². The van der Waals surface area contributed by atoms with E-state index in [2.05, 4.69) is 17.2 Å². The van der Waals surface area contributed by atoms with E-state index >= 15 is 0 Å². The summed E-state index contributed by atoms with van der Waals surface area (Å²) in [6, 6.07) is 11.4. The number of carbonyl (C=O) groups excluding carboxylic acids is 1. The topological polar surface area (TPSA) is 54.5 Å². The zero-order chi connectivity index (χ0) is 18.5. The number of amides is 1. The van der Waals surface area contributed by atoms with Crippen molar-refractivity contribution in [2.75, 3.05) is 18.4 Å². The van der Waals surface area contributed by atoms with E-state index < -0.39 is 0 Å². The van der Waals surface area contributed by atoms with Gasteiger partial charge >= 0.3 is 0 Å². The molecule has 0 saturated carbocycles. The highest BCUT2D eigenvalue weighted by molar-refractivity contribution is 5.94. The van der Waals surface area contributed by atoms with Gasteiger partial charge in [0.1, 0.15) is 11.6 Å². The molecule has 1 aliphatic heterocycles. The molecule has 1 amide bonds. The highest BCUT2D eigenvalue weighted by Crippen LogP contribution is 2.21. The molecule has 0 spiro atoms. The van der Waals surface area contributed by atoms with Crippen LogP contribution in [-0.2, 0) is 0 Å². The van der Waals surface area contributed by atoms with Crippen LogP contribution in [-0.4, -0.2) is 35.0 Å². The highest BCUT2D eigenvalue weighted by atomic mass is 16.5. The van der Waals surface area contributed by atoms with Gasteiger partial charge in [-0.25, -0.2) is 4.98 Å². The molecule has 1 fully saturated rings. The van der Waals surface area contributed by atoms with Crippen molar-refractivity contribution in [2.45, 2.75) is 39.7 Å². The summed E-state index contributed by atoms with van der Waals surface area (Å²) >= 11 is 0. The Bertz CT molecular complexity index is 718. The van der Waals surface area contributed by atoms with Crippen LogP contribution in [0.5, 0.6) is 5.75 Å². The largest absolute Gasteiger partial charge is 0.491 e. The van der Waals surface area contributed by atoms with Gasteiger partial charge in [-0.2, -0.15) is 0 Å². The molecule has 1 N–H and O–H groups in total. The lowest BCUT2D eigenvalue weighted by Gasteiger charge is -2.30. The zero-order valence-electron chi connectivity index (χ0n) is 15.7. The van der Waals surface area contributed by atoms with Crippen LogP contribution in [0.25, 0.3) is 0 Å². The number of hydrogen-bond donors (Lipinski definition) is 1. The predicted molar refractivity (Wildman–Crippen MR) is 104 cm³/mol. The van der Waals surface area contributed by atoms with Gasteiger partial charge in [-0.05, 0) is 69.0 Å². The maximum atomic E-state index is 12.6. The van der Waals surface area contributed by atoms with Gasteiger partial charge in [0.05, 0.1) is 11.7 Å². The molecule has 26 heavy (non-hydrogen) atoms. The fraction of sp³-hybridized carbons (Fsp3) is 0.429. The van der Waals surface area contributed by atoms with Crippen molar-refractivity contribution in [2.24, 2.45) is 5.92 Å². The van der Waals surface area contributed by atoms with Crippen molar-refractivity contribution in [3.05, 3.63) is 48.2 Å². The normalized spacial score (nSPS) is 15.2. The first-order chi connectivity index (χ1) is 12.5. The van der Waals surface area contributed by atoms with Crippen molar-refractivity contribution >= 4 is 17.4 Å². The van der Waals surface area contributed by atoms with E-state index in [1.807, 2.05) is 55.1 Å². The maximum Gasteiger partial charge on any atom is 0.255 e. The van der Waals surface area contributed by atoms with Gasteiger partial charge in [0.25, 0.3) is 5.91 Å². The first-order valence-corrected chi connectivity index (χ1v) is 9.30. The number of likely N-dealkylation sites (tertiary alicyclic amines) is 1. The lowest BCUT2D eigenvalue weighted by atomic mass is 9.99. The highest BCUT2D eigenvalue weighted by Gasteiger charge is 2.21. The SMILES string of the molecule is CC1CCN(C(=O)c2ccc(Nc3ccc(OC(C)C)cc3)nc2)CC1. The summed E-state index contributed by atoms with van der Waals surface area (Å²) < 4.78 is 5.64. The summed E-state index contributed by atoms with van der Waals surface area (Å²) in [6.45, 7) is 7.92. The van der Waals surface area contributed by atoms with Crippen molar-refractivity contribution in [1.82, 2.24) is 9.88 Å². The van der Waals surface area contributed by atoms with Crippen LogP contribution in [0.1, 0.15) is 44.0 Å². The third kappa shape index (κ3) is 4.75. The second-order valence-electron chi connectivity index (χ2n) is 7.22. The van der Waals surface area contributed by atoms with Gasteiger partial charge in [-0.1, -0.05) is 6.92 Å². The number of benzene rings is 1. The van der Waals surface area contributed by atoms with Gasteiger partial charge in [0, 0.05) is 25.0 Å². The Morgan fingerprint density at radius 2 is 1.85 bits per heavy atom. The molecule has 1 aromatic heterocycles. The molecule has 2 heterocycles. The summed E-state index contributed by atoms with van der Waals surface area (Å²) in [5, 5.41) is 3.24. The van der Waals surface area contributed by atoms with E-state index in [0.717, 1.165) is 37.4 Å².